The number of carboxylic acid groups (broad SMARTS) is 1. The maximum Gasteiger partial charge on any atom is 0.408 e. The van der Waals surface area contributed by atoms with E-state index in [0.29, 0.717) is 17.4 Å². The minimum absolute atomic E-state index is 0.100. The van der Waals surface area contributed by atoms with Gasteiger partial charge in [-0.05, 0) is 47.4 Å². The molecular formula is C27H29N3O4. The molecule has 3 aromatic rings. The second kappa shape index (κ2) is 10.4. The molecule has 1 unspecified atom stereocenters. The number of anilines is 1. The molecule has 7 heteroatoms. The van der Waals surface area contributed by atoms with Crippen molar-refractivity contribution in [1.82, 2.24) is 4.90 Å². The van der Waals surface area contributed by atoms with Crippen molar-refractivity contribution in [2.45, 2.75) is 37.4 Å². The molecule has 1 aliphatic rings. The third kappa shape index (κ3) is 5.74. The molecule has 0 aromatic heterocycles. The largest absolute Gasteiger partial charge is 0.497 e. The molecule has 3 atom stereocenters. The van der Waals surface area contributed by atoms with Crippen LogP contribution >= 0.6 is 0 Å². The van der Waals surface area contributed by atoms with Gasteiger partial charge in [0.15, 0.2) is 0 Å². The third-order valence-corrected chi connectivity index (χ3v) is 6.15. The van der Waals surface area contributed by atoms with E-state index in [1.54, 1.807) is 19.2 Å². The molecule has 0 bridgehead atoms. The van der Waals surface area contributed by atoms with Crippen LogP contribution in [0.3, 0.4) is 0 Å². The minimum atomic E-state index is -1.16. The Morgan fingerprint density at radius 3 is 2.24 bits per heavy atom. The van der Waals surface area contributed by atoms with Crippen molar-refractivity contribution in [3.05, 3.63) is 95.6 Å². The van der Waals surface area contributed by atoms with E-state index in [0.717, 1.165) is 23.1 Å². The van der Waals surface area contributed by atoms with Crippen LogP contribution in [0.1, 0.15) is 29.0 Å². The number of rotatable bonds is 9. The Morgan fingerprint density at radius 2 is 1.68 bits per heavy atom. The quantitative estimate of drug-likeness (QED) is 0.444. The van der Waals surface area contributed by atoms with Gasteiger partial charge >= 0.3 is 6.09 Å². The summed E-state index contributed by atoms with van der Waals surface area (Å²) in [5, 5.41) is 12.9. The number of amides is 2. The smallest absolute Gasteiger partial charge is 0.408 e. The molecule has 1 saturated carbocycles. The first kappa shape index (κ1) is 23.3. The molecule has 3 aromatic carbocycles. The highest BCUT2D eigenvalue weighted by atomic mass is 16.5. The van der Waals surface area contributed by atoms with Crippen molar-refractivity contribution in [1.29, 1.82) is 0 Å². The second-order valence-corrected chi connectivity index (χ2v) is 8.58. The highest BCUT2D eigenvalue weighted by molar-refractivity contribution is 5.96. The molecule has 1 aliphatic carbocycles. The van der Waals surface area contributed by atoms with Crippen molar-refractivity contribution in [2.24, 2.45) is 5.73 Å². The SMILES string of the molecule is COc1ccc(CC(C(=O)Nc2ccc([C@@H]3C[C@H]3N)cc2)N(Cc2ccccc2)C(=O)O)cc1. The highest BCUT2D eigenvalue weighted by Crippen LogP contribution is 2.39. The standard InChI is InChI=1S/C27H29N3O4/c1-34-22-13-7-18(8-14-22)15-25(30(27(32)33)17-19-5-3-2-4-6-19)26(31)29-21-11-9-20(10-12-21)23-16-24(23)28/h2-14,23-25H,15-17,28H2,1H3,(H,29,31)(H,32,33)/t23-,24+,25?/m0/s1. The van der Waals surface area contributed by atoms with E-state index < -0.39 is 12.1 Å². The van der Waals surface area contributed by atoms with E-state index in [4.69, 9.17) is 10.5 Å². The number of nitrogens with one attached hydrogen (secondary N) is 1. The molecule has 34 heavy (non-hydrogen) atoms. The van der Waals surface area contributed by atoms with Gasteiger partial charge in [-0.25, -0.2) is 4.79 Å². The summed E-state index contributed by atoms with van der Waals surface area (Å²) in [4.78, 5) is 26.8. The van der Waals surface area contributed by atoms with Crippen LogP contribution in [0.5, 0.6) is 5.75 Å². The molecule has 2 amide bonds. The number of methoxy groups -OCH3 is 1. The Balaban J connectivity index is 1.56. The van der Waals surface area contributed by atoms with Gasteiger partial charge in [0, 0.05) is 30.6 Å². The summed E-state index contributed by atoms with van der Waals surface area (Å²) in [6, 6.07) is 23.4. The Hall–Kier alpha value is -3.84. The zero-order valence-electron chi connectivity index (χ0n) is 19.1. The fourth-order valence-corrected chi connectivity index (χ4v) is 4.06. The number of hydrogen-bond acceptors (Lipinski definition) is 4. The summed E-state index contributed by atoms with van der Waals surface area (Å²) in [6.07, 6.45) is 0.0442. The van der Waals surface area contributed by atoms with Crippen molar-refractivity contribution < 1.29 is 19.4 Å². The van der Waals surface area contributed by atoms with Crippen molar-refractivity contribution >= 4 is 17.7 Å². The van der Waals surface area contributed by atoms with E-state index in [9.17, 15) is 14.7 Å². The number of benzene rings is 3. The summed E-state index contributed by atoms with van der Waals surface area (Å²) < 4.78 is 5.21. The Kier molecular flexibility index (Phi) is 7.13. The van der Waals surface area contributed by atoms with Crippen LogP contribution in [0.4, 0.5) is 10.5 Å². The molecular weight excluding hydrogens is 430 g/mol. The fourth-order valence-electron chi connectivity index (χ4n) is 4.06. The average molecular weight is 460 g/mol. The van der Waals surface area contributed by atoms with Crippen molar-refractivity contribution in [3.8, 4) is 5.75 Å². The molecule has 4 N–H and O–H groups in total. The number of nitrogens with zero attached hydrogens (tertiary/aromatic N) is 1. The van der Waals surface area contributed by atoms with Gasteiger partial charge in [0.1, 0.15) is 11.8 Å². The molecule has 0 spiro atoms. The molecule has 0 saturated heterocycles. The topological polar surface area (TPSA) is 105 Å². The van der Waals surface area contributed by atoms with Gasteiger partial charge in [-0.2, -0.15) is 0 Å². The van der Waals surface area contributed by atoms with Crippen LogP contribution in [0.2, 0.25) is 0 Å². The van der Waals surface area contributed by atoms with Gasteiger partial charge in [0.05, 0.1) is 7.11 Å². The molecule has 0 radical (unpaired) electrons. The zero-order chi connectivity index (χ0) is 24.1. The van der Waals surface area contributed by atoms with Gasteiger partial charge in [0.25, 0.3) is 0 Å². The van der Waals surface area contributed by atoms with E-state index >= 15 is 0 Å². The van der Waals surface area contributed by atoms with Crippen molar-refractivity contribution in [2.75, 3.05) is 12.4 Å². The Labute approximate surface area is 199 Å². The maximum atomic E-state index is 13.4. The van der Waals surface area contributed by atoms with Gasteiger partial charge in [-0.15, -0.1) is 0 Å². The summed E-state index contributed by atoms with van der Waals surface area (Å²) in [6.45, 7) is 0.100. The van der Waals surface area contributed by atoms with E-state index in [1.807, 2.05) is 66.7 Å². The van der Waals surface area contributed by atoms with Gasteiger partial charge < -0.3 is 20.9 Å². The first-order valence-corrected chi connectivity index (χ1v) is 11.3. The Morgan fingerprint density at radius 1 is 1.03 bits per heavy atom. The number of carbonyl (C=O) groups excluding carboxylic acids is 1. The highest BCUT2D eigenvalue weighted by Gasteiger charge is 2.35. The average Bonchev–Trinajstić information content (AvgIpc) is 3.59. The lowest BCUT2D eigenvalue weighted by Crippen LogP contribution is -2.47. The van der Waals surface area contributed by atoms with E-state index in [-0.39, 0.29) is 24.9 Å². The number of hydrogen-bond donors (Lipinski definition) is 3. The number of ether oxygens (including phenoxy) is 1. The van der Waals surface area contributed by atoms with Crippen LogP contribution in [0.25, 0.3) is 0 Å². The second-order valence-electron chi connectivity index (χ2n) is 8.58. The molecule has 176 valence electrons. The van der Waals surface area contributed by atoms with Crippen LogP contribution in [-0.2, 0) is 17.8 Å². The minimum Gasteiger partial charge on any atom is -0.497 e. The van der Waals surface area contributed by atoms with Gasteiger partial charge in [-0.3, -0.25) is 9.69 Å². The summed E-state index contributed by atoms with van der Waals surface area (Å²) in [7, 11) is 1.58. The molecule has 1 fully saturated rings. The molecule has 0 aliphatic heterocycles. The number of carbonyl (C=O) groups is 2. The lowest BCUT2D eigenvalue weighted by atomic mass is 10.0. The van der Waals surface area contributed by atoms with E-state index in [1.165, 1.54) is 4.90 Å². The van der Waals surface area contributed by atoms with E-state index in [2.05, 4.69) is 5.32 Å². The van der Waals surface area contributed by atoms with Crippen LogP contribution < -0.4 is 15.8 Å². The first-order valence-electron chi connectivity index (χ1n) is 11.3. The predicted octanol–water partition coefficient (Wildman–Crippen LogP) is 4.24. The predicted molar refractivity (Wildman–Crippen MR) is 131 cm³/mol. The summed E-state index contributed by atoms with van der Waals surface area (Å²) >= 11 is 0. The van der Waals surface area contributed by atoms with Gasteiger partial charge in [-0.1, -0.05) is 54.6 Å². The lowest BCUT2D eigenvalue weighted by molar-refractivity contribution is -0.121. The van der Waals surface area contributed by atoms with Crippen LogP contribution in [0, 0.1) is 0 Å². The Bertz CT molecular complexity index is 1120. The maximum absolute atomic E-state index is 13.4. The summed E-state index contributed by atoms with van der Waals surface area (Å²) in [5.74, 6) is 0.686. The lowest BCUT2D eigenvalue weighted by Gasteiger charge is -2.29. The van der Waals surface area contributed by atoms with Crippen molar-refractivity contribution in [3.63, 3.8) is 0 Å². The van der Waals surface area contributed by atoms with Gasteiger partial charge in [0.2, 0.25) is 5.91 Å². The molecule has 4 rings (SSSR count). The molecule has 0 heterocycles. The summed E-state index contributed by atoms with van der Waals surface area (Å²) in [5.41, 5.74) is 9.34. The first-order chi connectivity index (χ1) is 16.4. The fraction of sp³-hybridized carbons (Fsp3) is 0.259. The molecule has 7 nitrogen and oxygen atoms in total. The number of nitrogens with two attached hydrogens (primary N) is 1. The monoisotopic (exact) mass is 459 g/mol. The normalized spacial score (nSPS) is 17.5. The third-order valence-electron chi connectivity index (χ3n) is 6.15. The zero-order valence-corrected chi connectivity index (χ0v) is 19.1. The van der Waals surface area contributed by atoms with Crippen LogP contribution in [-0.4, -0.2) is 41.2 Å². The van der Waals surface area contributed by atoms with Crippen LogP contribution in [0.15, 0.2) is 78.9 Å².